The summed E-state index contributed by atoms with van der Waals surface area (Å²) in [6.45, 7) is 4.81. The quantitative estimate of drug-likeness (QED) is 0.277. The molecule has 2 fully saturated rings. The smallest absolute Gasteiger partial charge is 0.314 e. The molecule has 2 aromatic rings. The minimum absolute atomic E-state index is 0.0660. The lowest BCUT2D eigenvalue weighted by Gasteiger charge is -2.29. The Labute approximate surface area is 211 Å². The largest absolute Gasteiger partial charge is 0.491 e. The van der Waals surface area contributed by atoms with Crippen molar-refractivity contribution in [2.45, 2.75) is 83.2 Å². The highest BCUT2D eigenvalue weighted by atomic mass is 19.2. The van der Waals surface area contributed by atoms with Crippen molar-refractivity contribution >= 4 is 5.97 Å². The first-order valence-electron chi connectivity index (χ1n) is 13.1. The van der Waals surface area contributed by atoms with E-state index in [1.54, 1.807) is 19.1 Å². The fraction of sp³-hybridized carbons (Fsp3) is 0.552. The van der Waals surface area contributed by atoms with Crippen LogP contribution in [0.4, 0.5) is 13.2 Å². The molecule has 2 aliphatic carbocycles. The molecule has 7 heteroatoms. The predicted octanol–water partition coefficient (Wildman–Crippen LogP) is 7.44. The average Bonchev–Trinajstić information content (AvgIpc) is 2.89. The van der Waals surface area contributed by atoms with E-state index in [4.69, 9.17) is 14.2 Å². The van der Waals surface area contributed by atoms with Crippen molar-refractivity contribution in [1.82, 2.24) is 0 Å². The molecule has 0 N–H and O–H groups in total. The summed E-state index contributed by atoms with van der Waals surface area (Å²) in [6, 6.07) is 7.91. The average molecular weight is 505 g/mol. The van der Waals surface area contributed by atoms with Gasteiger partial charge in [-0.1, -0.05) is 12.1 Å². The summed E-state index contributed by atoms with van der Waals surface area (Å²) in [5.41, 5.74) is 1.21. The monoisotopic (exact) mass is 504 g/mol. The van der Waals surface area contributed by atoms with Gasteiger partial charge in [0, 0.05) is 6.61 Å². The van der Waals surface area contributed by atoms with Gasteiger partial charge in [0.1, 0.15) is 0 Å². The van der Waals surface area contributed by atoms with Crippen LogP contribution in [0.5, 0.6) is 11.5 Å². The first kappa shape index (κ1) is 26.5. The Bertz CT molecular complexity index is 1040. The molecule has 4 rings (SSSR count). The lowest BCUT2D eigenvalue weighted by Crippen LogP contribution is -2.26. The molecule has 196 valence electrons. The van der Waals surface area contributed by atoms with E-state index in [1.807, 2.05) is 13.0 Å². The van der Waals surface area contributed by atoms with Gasteiger partial charge >= 0.3 is 5.97 Å². The summed E-state index contributed by atoms with van der Waals surface area (Å²) < 4.78 is 60.2. The zero-order chi connectivity index (χ0) is 25.7. The van der Waals surface area contributed by atoms with Gasteiger partial charge in [-0.2, -0.15) is 4.39 Å². The number of rotatable bonds is 8. The van der Waals surface area contributed by atoms with Crippen molar-refractivity contribution in [1.29, 1.82) is 0 Å². The van der Waals surface area contributed by atoms with Crippen LogP contribution in [0.25, 0.3) is 0 Å². The number of carbonyl (C=O) groups excluding carboxylic acids is 1. The fourth-order valence-corrected chi connectivity index (χ4v) is 5.61. The van der Waals surface area contributed by atoms with Crippen molar-refractivity contribution in [3.8, 4) is 11.5 Å². The van der Waals surface area contributed by atoms with Gasteiger partial charge < -0.3 is 14.2 Å². The van der Waals surface area contributed by atoms with Gasteiger partial charge in [-0.3, -0.25) is 4.79 Å². The molecular formula is C29H35F3O4. The molecule has 0 heterocycles. The molecule has 0 unspecified atom stereocenters. The molecule has 0 aliphatic heterocycles. The van der Waals surface area contributed by atoms with Crippen LogP contribution < -0.4 is 9.47 Å². The third-order valence-electron chi connectivity index (χ3n) is 7.59. The molecule has 2 saturated carbocycles. The van der Waals surface area contributed by atoms with Crippen LogP contribution >= 0.6 is 0 Å². The van der Waals surface area contributed by atoms with E-state index in [0.717, 1.165) is 31.2 Å². The molecule has 0 amide bonds. The number of esters is 1. The highest BCUT2D eigenvalue weighted by molar-refractivity contribution is 5.75. The molecular weight excluding hydrogens is 469 g/mol. The molecule has 0 atom stereocenters. The van der Waals surface area contributed by atoms with Gasteiger partial charge in [0.2, 0.25) is 5.82 Å². The van der Waals surface area contributed by atoms with Gasteiger partial charge in [0.05, 0.1) is 18.6 Å². The number of ether oxygens (including phenoxy) is 3. The highest BCUT2D eigenvalue weighted by Crippen LogP contribution is 2.39. The minimum atomic E-state index is -1.11. The van der Waals surface area contributed by atoms with Crippen LogP contribution in [0.15, 0.2) is 30.3 Å². The normalized spacial score (nSPS) is 24.4. The van der Waals surface area contributed by atoms with Crippen LogP contribution in [-0.4, -0.2) is 25.3 Å². The Hall–Kier alpha value is -2.54. The highest BCUT2D eigenvalue weighted by Gasteiger charge is 2.31. The summed E-state index contributed by atoms with van der Waals surface area (Å²) in [5, 5.41) is 0. The first-order valence-corrected chi connectivity index (χ1v) is 13.1. The topological polar surface area (TPSA) is 44.8 Å². The van der Waals surface area contributed by atoms with E-state index in [-0.39, 0.29) is 35.3 Å². The van der Waals surface area contributed by atoms with Crippen LogP contribution in [-0.2, 0) is 9.53 Å². The van der Waals surface area contributed by atoms with Gasteiger partial charge in [0.25, 0.3) is 0 Å². The summed E-state index contributed by atoms with van der Waals surface area (Å²) in [5.74, 6) is -3.43. The summed E-state index contributed by atoms with van der Waals surface area (Å²) in [4.78, 5) is 12.7. The van der Waals surface area contributed by atoms with E-state index in [0.29, 0.717) is 44.5 Å². The fourth-order valence-electron chi connectivity index (χ4n) is 5.61. The molecule has 4 nitrogen and oxygen atoms in total. The Morgan fingerprint density at radius 1 is 0.806 bits per heavy atom. The second-order valence-electron chi connectivity index (χ2n) is 9.80. The molecule has 0 aromatic heterocycles. The Balaban J connectivity index is 1.33. The maximum Gasteiger partial charge on any atom is 0.314 e. The molecule has 0 radical (unpaired) electrons. The first-order chi connectivity index (χ1) is 17.4. The SMILES string of the molecule is CCOc1ccc(C2CCC(C(=O)Oc3ccc(C4CCC(OCC)CC4)c(F)c3F)CC2)cc1F. The van der Waals surface area contributed by atoms with Gasteiger partial charge in [-0.25, -0.2) is 8.78 Å². The molecule has 2 aliphatic rings. The molecule has 36 heavy (non-hydrogen) atoms. The third-order valence-corrected chi connectivity index (χ3v) is 7.59. The number of halogens is 3. The number of carbonyl (C=O) groups is 1. The Morgan fingerprint density at radius 2 is 1.47 bits per heavy atom. The molecule has 0 bridgehead atoms. The van der Waals surface area contributed by atoms with Crippen LogP contribution in [0.2, 0.25) is 0 Å². The van der Waals surface area contributed by atoms with E-state index in [2.05, 4.69) is 0 Å². The minimum Gasteiger partial charge on any atom is -0.491 e. The van der Waals surface area contributed by atoms with Crippen LogP contribution in [0, 0.1) is 23.4 Å². The Morgan fingerprint density at radius 3 is 2.11 bits per heavy atom. The van der Waals surface area contributed by atoms with Gasteiger partial charge in [-0.15, -0.1) is 0 Å². The molecule has 2 aromatic carbocycles. The van der Waals surface area contributed by atoms with E-state index in [1.165, 1.54) is 12.1 Å². The number of benzene rings is 2. The summed E-state index contributed by atoms with van der Waals surface area (Å²) >= 11 is 0. The molecule has 0 saturated heterocycles. The van der Waals surface area contributed by atoms with Crippen molar-refractivity contribution in [3.05, 3.63) is 58.9 Å². The lowest BCUT2D eigenvalue weighted by molar-refractivity contribution is -0.140. The summed E-state index contributed by atoms with van der Waals surface area (Å²) in [7, 11) is 0. The zero-order valence-electron chi connectivity index (χ0n) is 21.0. The second-order valence-corrected chi connectivity index (χ2v) is 9.80. The number of hydrogen-bond donors (Lipinski definition) is 0. The molecule has 0 spiro atoms. The van der Waals surface area contributed by atoms with E-state index in [9.17, 15) is 18.0 Å². The Kier molecular flexibility index (Phi) is 8.94. The van der Waals surface area contributed by atoms with Crippen molar-refractivity contribution < 1.29 is 32.2 Å². The van der Waals surface area contributed by atoms with Gasteiger partial charge in [-0.05, 0) is 106 Å². The van der Waals surface area contributed by atoms with Gasteiger partial charge in [0.15, 0.2) is 23.1 Å². The maximum atomic E-state index is 14.9. The van der Waals surface area contributed by atoms with Crippen LogP contribution in [0.3, 0.4) is 0 Å². The van der Waals surface area contributed by atoms with Crippen LogP contribution in [0.1, 0.15) is 88.2 Å². The van der Waals surface area contributed by atoms with Crippen molar-refractivity contribution in [2.75, 3.05) is 13.2 Å². The van der Waals surface area contributed by atoms with Crippen molar-refractivity contribution in [2.24, 2.45) is 5.92 Å². The second kappa shape index (κ2) is 12.1. The lowest BCUT2D eigenvalue weighted by atomic mass is 9.78. The standard InChI is InChI=1S/C29H35F3O4/c1-3-34-22-12-9-19(10-13-22)23-14-16-26(28(32)27(23)31)36-29(33)20-7-5-18(6-8-20)21-11-15-25(35-4-2)24(30)17-21/h11,14-20,22H,3-10,12-13H2,1-2H3. The van der Waals surface area contributed by atoms with Crippen molar-refractivity contribution in [3.63, 3.8) is 0 Å². The summed E-state index contributed by atoms with van der Waals surface area (Å²) in [6.07, 6.45) is 5.77. The maximum absolute atomic E-state index is 14.9. The van der Waals surface area contributed by atoms with E-state index >= 15 is 0 Å². The third kappa shape index (κ3) is 6.05. The zero-order valence-corrected chi connectivity index (χ0v) is 21.0. The number of hydrogen-bond acceptors (Lipinski definition) is 4. The predicted molar refractivity (Wildman–Crippen MR) is 131 cm³/mol. The van der Waals surface area contributed by atoms with E-state index < -0.39 is 23.5 Å².